The number of hydrogen-bond donors (Lipinski definition) is 2. The summed E-state index contributed by atoms with van der Waals surface area (Å²) in [7, 11) is 0. The summed E-state index contributed by atoms with van der Waals surface area (Å²) in [6.45, 7) is 1.93. The van der Waals surface area contributed by atoms with Gasteiger partial charge in [-0.1, -0.05) is 35.9 Å². The normalized spacial score (nSPS) is 14.8. The fourth-order valence-electron chi connectivity index (χ4n) is 2.59. The average molecular weight is 288 g/mol. The van der Waals surface area contributed by atoms with E-state index in [1.165, 1.54) is 0 Å². The maximum Gasteiger partial charge on any atom is 0.228 e. The summed E-state index contributed by atoms with van der Waals surface area (Å²) in [6, 6.07) is 10.9. The second kappa shape index (κ2) is 4.93. The van der Waals surface area contributed by atoms with Crippen molar-refractivity contribution in [1.29, 1.82) is 0 Å². The number of aliphatic hydroxyl groups is 1. The number of carbonyl (C=O) groups is 1. The van der Waals surface area contributed by atoms with Gasteiger partial charge in [-0.2, -0.15) is 0 Å². The highest BCUT2D eigenvalue weighted by molar-refractivity contribution is 6.30. The molecule has 1 aliphatic rings. The zero-order valence-electron chi connectivity index (χ0n) is 11.0. The van der Waals surface area contributed by atoms with Crippen molar-refractivity contribution in [2.75, 3.05) is 5.32 Å². The Kier molecular flexibility index (Phi) is 3.24. The van der Waals surface area contributed by atoms with Gasteiger partial charge in [0.2, 0.25) is 5.91 Å². The van der Waals surface area contributed by atoms with Crippen LogP contribution in [0.2, 0.25) is 5.02 Å². The minimum Gasteiger partial charge on any atom is -0.384 e. The zero-order chi connectivity index (χ0) is 14.3. The Morgan fingerprint density at radius 2 is 2.05 bits per heavy atom. The number of aryl methyl sites for hydroxylation is 1. The lowest BCUT2D eigenvalue weighted by Crippen LogP contribution is -2.04. The number of rotatable bonds is 2. The van der Waals surface area contributed by atoms with Gasteiger partial charge in [0.25, 0.3) is 0 Å². The molecule has 102 valence electrons. The van der Waals surface area contributed by atoms with Crippen LogP contribution in [-0.4, -0.2) is 11.0 Å². The average Bonchev–Trinajstić information content (AvgIpc) is 2.79. The largest absolute Gasteiger partial charge is 0.384 e. The summed E-state index contributed by atoms with van der Waals surface area (Å²) in [5.41, 5.74) is 4.29. The molecule has 2 aromatic carbocycles. The number of benzene rings is 2. The molecule has 0 spiro atoms. The van der Waals surface area contributed by atoms with E-state index in [0.29, 0.717) is 11.4 Å². The molecule has 0 aromatic heterocycles. The first-order chi connectivity index (χ1) is 9.54. The van der Waals surface area contributed by atoms with Crippen molar-refractivity contribution >= 4 is 23.2 Å². The fourth-order valence-corrected chi connectivity index (χ4v) is 2.79. The Morgan fingerprint density at radius 3 is 2.80 bits per heavy atom. The smallest absolute Gasteiger partial charge is 0.228 e. The van der Waals surface area contributed by atoms with Crippen LogP contribution in [-0.2, 0) is 11.2 Å². The number of amides is 1. The van der Waals surface area contributed by atoms with Crippen molar-refractivity contribution < 1.29 is 9.90 Å². The van der Waals surface area contributed by atoms with Crippen LogP contribution < -0.4 is 5.32 Å². The number of anilines is 1. The first-order valence-corrected chi connectivity index (χ1v) is 6.79. The molecular formula is C16H14ClNO2. The van der Waals surface area contributed by atoms with E-state index in [-0.39, 0.29) is 5.91 Å². The highest BCUT2D eigenvalue weighted by atomic mass is 35.5. The summed E-state index contributed by atoms with van der Waals surface area (Å²) in [4.78, 5) is 11.5. The summed E-state index contributed by atoms with van der Waals surface area (Å²) in [6.07, 6.45) is -0.375. The molecule has 1 heterocycles. The molecule has 1 atom stereocenters. The predicted octanol–water partition coefficient (Wildman–Crippen LogP) is 3.22. The molecule has 2 aromatic rings. The van der Waals surface area contributed by atoms with Crippen LogP contribution in [0, 0.1) is 6.92 Å². The van der Waals surface area contributed by atoms with E-state index in [9.17, 15) is 9.90 Å². The van der Waals surface area contributed by atoms with Crippen LogP contribution in [0.1, 0.15) is 28.4 Å². The third-order valence-electron chi connectivity index (χ3n) is 3.54. The minimum absolute atomic E-state index is 0.00232. The molecular weight excluding hydrogens is 274 g/mol. The topological polar surface area (TPSA) is 49.3 Å². The number of carbonyl (C=O) groups excluding carboxylic acids is 1. The molecule has 1 unspecified atom stereocenters. The Bertz CT molecular complexity index is 697. The molecule has 3 nitrogen and oxygen atoms in total. The minimum atomic E-state index is -0.742. The van der Waals surface area contributed by atoms with Crippen molar-refractivity contribution in [3.63, 3.8) is 0 Å². The van der Waals surface area contributed by atoms with Crippen LogP contribution in [0.3, 0.4) is 0 Å². The Labute approximate surface area is 122 Å². The van der Waals surface area contributed by atoms with Gasteiger partial charge in [0.1, 0.15) is 6.10 Å². The molecule has 0 aliphatic carbocycles. The van der Waals surface area contributed by atoms with E-state index in [1.807, 2.05) is 31.2 Å². The van der Waals surface area contributed by atoms with E-state index in [1.54, 1.807) is 12.1 Å². The highest BCUT2D eigenvalue weighted by Crippen LogP contribution is 2.32. The molecule has 0 bridgehead atoms. The second-order valence-electron chi connectivity index (χ2n) is 5.05. The summed E-state index contributed by atoms with van der Waals surface area (Å²) < 4.78 is 0. The number of halogens is 1. The molecule has 1 aliphatic heterocycles. The van der Waals surface area contributed by atoms with E-state index >= 15 is 0 Å². The first-order valence-electron chi connectivity index (χ1n) is 6.41. The van der Waals surface area contributed by atoms with Gasteiger partial charge in [0.05, 0.1) is 6.42 Å². The lowest BCUT2D eigenvalue weighted by molar-refractivity contribution is -0.115. The lowest BCUT2D eigenvalue weighted by Gasteiger charge is -2.14. The van der Waals surface area contributed by atoms with Crippen molar-refractivity contribution in [2.45, 2.75) is 19.4 Å². The third kappa shape index (κ3) is 2.30. The van der Waals surface area contributed by atoms with Crippen LogP contribution in [0.25, 0.3) is 0 Å². The van der Waals surface area contributed by atoms with Gasteiger partial charge in [-0.05, 0) is 41.3 Å². The van der Waals surface area contributed by atoms with E-state index in [4.69, 9.17) is 11.6 Å². The number of fused-ring (bicyclic) bond motifs is 1. The SMILES string of the molecule is Cc1cc(C(O)c2cccc(Cl)c2)cc2c1NC(=O)C2. The van der Waals surface area contributed by atoms with Gasteiger partial charge >= 0.3 is 0 Å². The first kappa shape index (κ1) is 13.2. The molecule has 2 N–H and O–H groups in total. The number of hydrogen-bond acceptors (Lipinski definition) is 2. The summed E-state index contributed by atoms with van der Waals surface area (Å²) >= 11 is 5.95. The quantitative estimate of drug-likeness (QED) is 0.891. The van der Waals surface area contributed by atoms with Crippen molar-refractivity contribution in [2.24, 2.45) is 0 Å². The summed E-state index contributed by atoms with van der Waals surface area (Å²) in [5, 5.41) is 13.9. The second-order valence-corrected chi connectivity index (χ2v) is 5.49. The van der Waals surface area contributed by atoms with Gasteiger partial charge in [-0.3, -0.25) is 4.79 Å². The monoisotopic (exact) mass is 287 g/mol. The number of nitrogens with one attached hydrogen (secondary N) is 1. The molecule has 0 radical (unpaired) electrons. The van der Waals surface area contributed by atoms with E-state index in [0.717, 1.165) is 27.9 Å². The van der Waals surface area contributed by atoms with Crippen LogP contribution in [0.5, 0.6) is 0 Å². The fraction of sp³-hybridized carbons (Fsp3) is 0.188. The zero-order valence-corrected chi connectivity index (χ0v) is 11.7. The Balaban J connectivity index is 2.01. The maximum absolute atomic E-state index is 11.5. The molecule has 20 heavy (non-hydrogen) atoms. The van der Waals surface area contributed by atoms with Crippen LogP contribution >= 0.6 is 11.6 Å². The maximum atomic E-state index is 11.5. The van der Waals surface area contributed by atoms with E-state index < -0.39 is 6.10 Å². The van der Waals surface area contributed by atoms with Crippen LogP contribution in [0.15, 0.2) is 36.4 Å². The standard InChI is InChI=1S/C16H14ClNO2/c1-9-5-12(6-11-8-14(19)18-15(9)11)16(20)10-3-2-4-13(17)7-10/h2-7,16,20H,8H2,1H3,(H,18,19). The molecule has 0 saturated heterocycles. The van der Waals surface area contributed by atoms with Gasteiger partial charge in [-0.15, -0.1) is 0 Å². The van der Waals surface area contributed by atoms with Crippen molar-refractivity contribution in [3.8, 4) is 0 Å². The Hall–Kier alpha value is -1.84. The van der Waals surface area contributed by atoms with Crippen molar-refractivity contribution in [1.82, 2.24) is 0 Å². The van der Waals surface area contributed by atoms with Gasteiger partial charge in [0, 0.05) is 10.7 Å². The number of aliphatic hydroxyl groups excluding tert-OH is 1. The summed E-state index contributed by atoms with van der Waals surface area (Å²) in [5.74, 6) is -0.00232. The molecule has 3 rings (SSSR count). The van der Waals surface area contributed by atoms with Gasteiger partial charge in [-0.25, -0.2) is 0 Å². The predicted molar refractivity (Wildman–Crippen MR) is 79.0 cm³/mol. The molecule has 1 amide bonds. The van der Waals surface area contributed by atoms with E-state index in [2.05, 4.69) is 5.32 Å². The highest BCUT2D eigenvalue weighted by Gasteiger charge is 2.22. The molecule has 0 saturated carbocycles. The Morgan fingerprint density at radius 1 is 1.25 bits per heavy atom. The molecule has 4 heteroatoms. The van der Waals surface area contributed by atoms with Crippen LogP contribution in [0.4, 0.5) is 5.69 Å². The lowest BCUT2D eigenvalue weighted by atomic mass is 9.96. The third-order valence-corrected chi connectivity index (χ3v) is 3.77. The van der Waals surface area contributed by atoms with Gasteiger partial charge < -0.3 is 10.4 Å². The van der Waals surface area contributed by atoms with Gasteiger partial charge in [0.15, 0.2) is 0 Å². The van der Waals surface area contributed by atoms with Crippen molar-refractivity contribution in [3.05, 3.63) is 63.7 Å². The molecule has 0 fully saturated rings.